The third-order valence-corrected chi connectivity index (χ3v) is 2.86. The molecule has 5 heteroatoms. The average Bonchev–Trinajstić information content (AvgIpc) is 2.53. The van der Waals surface area contributed by atoms with E-state index in [9.17, 15) is 4.79 Å². The van der Waals surface area contributed by atoms with Crippen molar-refractivity contribution in [3.05, 3.63) is 0 Å². The van der Waals surface area contributed by atoms with Crippen molar-refractivity contribution < 1.29 is 4.79 Å². The molecule has 2 amide bonds. The zero-order valence-corrected chi connectivity index (χ0v) is 7.82. The second-order valence-electron chi connectivity index (χ2n) is 2.75. The number of carbonyl (C=O) groups excluding carboxylic acids is 1. The summed E-state index contributed by atoms with van der Waals surface area (Å²) in [7, 11) is 0. The first-order valence-corrected chi connectivity index (χ1v) is 5.30. The minimum absolute atomic E-state index is 0.0899. The largest absolute Gasteiger partial charge is 0.337 e. The van der Waals surface area contributed by atoms with Crippen molar-refractivity contribution in [2.24, 2.45) is 5.73 Å². The third-order valence-electron chi connectivity index (χ3n) is 1.69. The molecule has 0 aromatic rings. The van der Waals surface area contributed by atoms with Crippen LogP contribution in [0.5, 0.6) is 0 Å². The highest BCUT2D eigenvalue weighted by atomic mass is 32.2. The molecule has 4 nitrogen and oxygen atoms in total. The Labute approximate surface area is 76.6 Å². The molecule has 1 aliphatic rings. The summed E-state index contributed by atoms with van der Waals surface area (Å²) in [5.74, 6) is 2.19. The van der Waals surface area contributed by atoms with Gasteiger partial charge in [-0.05, 0) is 12.2 Å². The zero-order chi connectivity index (χ0) is 8.81. The Bertz CT molecular complexity index is 148. The summed E-state index contributed by atoms with van der Waals surface area (Å²) in [5.41, 5.74) is 5.24. The number of hydrogen-bond acceptors (Lipinski definition) is 3. The fourth-order valence-electron chi connectivity index (χ4n) is 1.07. The molecule has 0 saturated carbocycles. The van der Waals surface area contributed by atoms with Gasteiger partial charge in [-0.3, -0.25) is 0 Å². The molecule has 0 spiro atoms. The number of amides is 2. The van der Waals surface area contributed by atoms with Gasteiger partial charge in [0.1, 0.15) is 0 Å². The molecular weight excluding hydrogens is 174 g/mol. The number of rotatable bonds is 3. The smallest absolute Gasteiger partial charge is 0.315 e. The first-order chi connectivity index (χ1) is 5.83. The molecule has 1 unspecified atom stereocenters. The molecule has 1 rings (SSSR count). The molecule has 1 atom stereocenters. The van der Waals surface area contributed by atoms with Gasteiger partial charge in [0.2, 0.25) is 0 Å². The summed E-state index contributed by atoms with van der Waals surface area (Å²) >= 11 is 1.88. The Morgan fingerprint density at radius 3 is 3.08 bits per heavy atom. The van der Waals surface area contributed by atoms with Crippen LogP contribution in [0.2, 0.25) is 0 Å². The summed E-state index contributed by atoms with van der Waals surface area (Å²) in [5, 5.41) is 5.56. The SMILES string of the molecule is NCCNC(=O)NC1CCSC1. The minimum Gasteiger partial charge on any atom is -0.337 e. The van der Waals surface area contributed by atoms with Crippen LogP contribution < -0.4 is 16.4 Å². The van der Waals surface area contributed by atoms with Crippen molar-refractivity contribution in [3.8, 4) is 0 Å². The summed E-state index contributed by atoms with van der Waals surface area (Å²) in [4.78, 5) is 11.1. The van der Waals surface area contributed by atoms with Crippen LogP contribution >= 0.6 is 11.8 Å². The first kappa shape index (κ1) is 9.67. The fourth-order valence-corrected chi connectivity index (χ4v) is 2.22. The van der Waals surface area contributed by atoms with Crippen molar-refractivity contribution in [2.75, 3.05) is 24.6 Å². The van der Waals surface area contributed by atoms with Crippen LogP contribution in [0.25, 0.3) is 0 Å². The van der Waals surface area contributed by atoms with Crippen LogP contribution in [-0.2, 0) is 0 Å². The highest BCUT2D eigenvalue weighted by Crippen LogP contribution is 2.16. The number of hydrogen-bond donors (Lipinski definition) is 3. The zero-order valence-electron chi connectivity index (χ0n) is 7.01. The molecule has 70 valence electrons. The van der Waals surface area contributed by atoms with E-state index in [0.717, 1.165) is 17.9 Å². The molecule has 4 N–H and O–H groups in total. The van der Waals surface area contributed by atoms with E-state index in [1.165, 1.54) is 0 Å². The Morgan fingerprint density at radius 1 is 1.67 bits per heavy atom. The highest BCUT2D eigenvalue weighted by Gasteiger charge is 2.16. The number of thioether (sulfide) groups is 1. The van der Waals surface area contributed by atoms with Crippen molar-refractivity contribution in [3.63, 3.8) is 0 Å². The molecule has 1 fully saturated rings. The number of carbonyl (C=O) groups is 1. The Kier molecular flexibility index (Phi) is 4.24. The molecule has 0 bridgehead atoms. The van der Waals surface area contributed by atoms with Gasteiger partial charge < -0.3 is 16.4 Å². The van der Waals surface area contributed by atoms with Crippen molar-refractivity contribution in [1.82, 2.24) is 10.6 Å². The lowest BCUT2D eigenvalue weighted by Crippen LogP contribution is -2.43. The molecule has 1 saturated heterocycles. The highest BCUT2D eigenvalue weighted by molar-refractivity contribution is 7.99. The van der Waals surface area contributed by atoms with E-state index in [1.54, 1.807) is 0 Å². The standard InChI is InChI=1S/C7H15N3OS/c8-2-3-9-7(11)10-6-1-4-12-5-6/h6H,1-5,8H2,(H2,9,10,11). The molecule has 0 aliphatic carbocycles. The van der Waals surface area contributed by atoms with E-state index in [4.69, 9.17) is 5.73 Å². The number of nitrogens with one attached hydrogen (secondary N) is 2. The molecule has 1 heterocycles. The van der Waals surface area contributed by atoms with Crippen molar-refractivity contribution in [2.45, 2.75) is 12.5 Å². The van der Waals surface area contributed by atoms with Crippen LogP contribution in [0.1, 0.15) is 6.42 Å². The van der Waals surface area contributed by atoms with Gasteiger partial charge >= 0.3 is 6.03 Å². The molecule has 1 aliphatic heterocycles. The molecule has 0 aromatic heterocycles. The molecular formula is C7H15N3OS. The fraction of sp³-hybridized carbons (Fsp3) is 0.857. The maximum absolute atomic E-state index is 11.1. The lowest BCUT2D eigenvalue weighted by molar-refractivity contribution is 0.238. The molecule has 0 radical (unpaired) electrons. The Hall–Kier alpha value is -0.420. The van der Waals surface area contributed by atoms with Crippen LogP contribution in [0.3, 0.4) is 0 Å². The lowest BCUT2D eigenvalue weighted by atomic mass is 10.3. The van der Waals surface area contributed by atoms with Gasteiger partial charge in [-0.15, -0.1) is 0 Å². The van der Waals surface area contributed by atoms with E-state index in [1.807, 2.05) is 11.8 Å². The molecule has 0 aromatic carbocycles. The quantitative estimate of drug-likeness (QED) is 0.573. The van der Waals surface area contributed by atoms with Crippen molar-refractivity contribution >= 4 is 17.8 Å². The van der Waals surface area contributed by atoms with E-state index >= 15 is 0 Å². The monoisotopic (exact) mass is 189 g/mol. The Morgan fingerprint density at radius 2 is 2.50 bits per heavy atom. The van der Waals surface area contributed by atoms with Crippen LogP contribution in [0, 0.1) is 0 Å². The predicted octanol–water partition coefficient (Wildman–Crippen LogP) is -0.250. The lowest BCUT2D eigenvalue weighted by Gasteiger charge is -2.11. The van der Waals surface area contributed by atoms with Crippen LogP contribution in [-0.4, -0.2) is 36.7 Å². The van der Waals surface area contributed by atoms with Gasteiger partial charge in [-0.1, -0.05) is 0 Å². The number of nitrogens with two attached hydrogens (primary N) is 1. The van der Waals surface area contributed by atoms with Gasteiger partial charge in [0.05, 0.1) is 0 Å². The van der Waals surface area contributed by atoms with Crippen LogP contribution in [0.4, 0.5) is 4.79 Å². The second kappa shape index (κ2) is 5.27. The summed E-state index contributed by atoms with van der Waals surface area (Å²) in [6.45, 7) is 1.04. The average molecular weight is 189 g/mol. The molecule has 12 heavy (non-hydrogen) atoms. The van der Waals surface area contributed by atoms with E-state index < -0.39 is 0 Å². The maximum Gasteiger partial charge on any atom is 0.315 e. The summed E-state index contributed by atoms with van der Waals surface area (Å²) < 4.78 is 0. The third kappa shape index (κ3) is 3.32. The van der Waals surface area contributed by atoms with Gasteiger partial charge in [-0.25, -0.2) is 4.79 Å². The summed E-state index contributed by atoms with van der Waals surface area (Å²) in [6, 6.07) is 0.265. The predicted molar refractivity (Wildman–Crippen MR) is 51.3 cm³/mol. The van der Waals surface area contributed by atoms with E-state index in [0.29, 0.717) is 19.1 Å². The van der Waals surface area contributed by atoms with Gasteiger partial charge in [0, 0.05) is 24.9 Å². The van der Waals surface area contributed by atoms with Gasteiger partial charge in [0.25, 0.3) is 0 Å². The van der Waals surface area contributed by atoms with E-state index in [-0.39, 0.29) is 6.03 Å². The summed E-state index contributed by atoms with van der Waals surface area (Å²) in [6.07, 6.45) is 1.08. The maximum atomic E-state index is 11.1. The first-order valence-electron chi connectivity index (χ1n) is 4.15. The number of urea groups is 1. The normalized spacial score (nSPS) is 22.2. The minimum atomic E-state index is -0.0899. The van der Waals surface area contributed by atoms with Crippen LogP contribution in [0.15, 0.2) is 0 Å². The van der Waals surface area contributed by atoms with Gasteiger partial charge in [-0.2, -0.15) is 11.8 Å². The van der Waals surface area contributed by atoms with Gasteiger partial charge in [0.15, 0.2) is 0 Å². The second-order valence-corrected chi connectivity index (χ2v) is 3.90. The van der Waals surface area contributed by atoms with Crippen molar-refractivity contribution in [1.29, 1.82) is 0 Å². The Balaban J connectivity index is 2.08. The van der Waals surface area contributed by atoms with E-state index in [2.05, 4.69) is 10.6 Å². The topological polar surface area (TPSA) is 67.1 Å².